The van der Waals surface area contributed by atoms with E-state index in [0.29, 0.717) is 0 Å². The minimum atomic E-state index is -5.34. The van der Waals surface area contributed by atoms with Crippen LogP contribution in [0.5, 0.6) is 0 Å². The number of carbonyl (C=O) groups excluding carboxylic acids is 3. The first-order chi connectivity index (χ1) is 12.2. The zero-order valence-corrected chi connectivity index (χ0v) is 13.5. The number of carbonyl (C=O) groups is 3. The number of nitrogens with zero attached hydrogens (tertiary/aromatic N) is 1. The number of thiophene rings is 1. The van der Waals surface area contributed by atoms with E-state index in [9.17, 15) is 31.9 Å². The Labute approximate surface area is 147 Å². The molecule has 1 aromatic carbocycles. The van der Waals surface area contributed by atoms with Gasteiger partial charge in [0, 0.05) is 0 Å². The van der Waals surface area contributed by atoms with Gasteiger partial charge in [-0.2, -0.15) is 13.2 Å². The van der Waals surface area contributed by atoms with Crippen molar-refractivity contribution < 1.29 is 31.9 Å². The molecule has 2 N–H and O–H groups in total. The molecular formula is C15H9F4N3O3S. The third kappa shape index (κ3) is 2.79. The number of imide groups is 1. The van der Waals surface area contributed by atoms with Crippen molar-refractivity contribution in [3.8, 4) is 0 Å². The summed E-state index contributed by atoms with van der Waals surface area (Å²) in [7, 11) is 0. The summed E-state index contributed by atoms with van der Waals surface area (Å²) in [6.07, 6.45) is -5.34. The van der Waals surface area contributed by atoms with Gasteiger partial charge in [0.15, 0.2) is 0 Å². The second-order valence-corrected chi connectivity index (χ2v) is 6.18. The van der Waals surface area contributed by atoms with Gasteiger partial charge in [0.05, 0.1) is 10.6 Å². The van der Waals surface area contributed by atoms with Gasteiger partial charge in [0.25, 0.3) is 17.5 Å². The third-order valence-corrected chi connectivity index (χ3v) is 4.43. The summed E-state index contributed by atoms with van der Waals surface area (Å²) in [6.45, 7) is 0. The van der Waals surface area contributed by atoms with E-state index >= 15 is 0 Å². The van der Waals surface area contributed by atoms with Crippen LogP contribution in [0, 0.1) is 5.82 Å². The number of amides is 4. The molecule has 1 atom stereocenters. The molecule has 0 radical (unpaired) electrons. The van der Waals surface area contributed by atoms with Gasteiger partial charge in [-0.3, -0.25) is 14.9 Å². The molecule has 0 saturated carbocycles. The number of nitrogens with one attached hydrogen (secondary N) is 2. The molecule has 6 nitrogen and oxygen atoms in total. The van der Waals surface area contributed by atoms with Crippen molar-refractivity contribution in [3.05, 3.63) is 52.5 Å². The van der Waals surface area contributed by atoms with E-state index in [1.54, 1.807) is 5.32 Å². The molecule has 11 heteroatoms. The molecule has 1 aliphatic rings. The zero-order chi connectivity index (χ0) is 19.1. The van der Waals surface area contributed by atoms with E-state index in [0.717, 1.165) is 35.6 Å². The maximum Gasteiger partial charge on any atom is 0.440 e. The number of rotatable bonds is 3. The fraction of sp³-hybridized carbons (Fsp3) is 0.133. The molecule has 0 aliphatic carbocycles. The molecule has 26 heavy (non-hydrogen) atoms. The summed E-state index contributed by atoms with van der Waals surface area (Å²) in [5, 5.41) is 4.50. The topological polar surface area (TPSA) is 78.5 Å². The lowest BCUT2D eigenvalue weighted by Gasteiger charge is -2.29. The first-order valence-electron chi connectivity index (χ1n) is 7.01. The van der Waals surface area contributed by atoms with Crippen molar-refractivity contribution >= 4 is 34.9 Å². The summed E-state index contributed by atoms with van der Waals surface area (Å²) < 4.78 is 54.3. The number of hydrogen-bond acceptors (Lipinski definition) is 4. The van der Waals surface area contributed by atoms with Gasteiger partial charge in [0.2, 0.25) is 0 Å². The number of benzene rings is 1. The molecule has 1 aromatic heterocycles. The molecule has 136 valence electrons. The average molecular weight is 387 g/mol. The summed E-state index contributed by atoms with van der Waals surface area (Å²) in [4.78, 5) is 36.7. The largest absolute Gasteiger partial charge is 0.440 e. The van der Waals surface area contributed by atoms with E-state index in [-0.39, 0.29) is 9.78 Å². The normalized spacial score (nSPS) is 20.2. The SMILES string of the molecule is O=C(N[C@]1(C(F)(F)F)NC(=O)N(c2cccc(F)c2)C1=O)c1cccs1. The Morgan fingerprint density at radius 1 is 1.19 bits per heavy atom. The van der Waals surface area contributed by atoms with Gasteiger partial charge in [-0.1, -0.05) is 12.1 Å². The Morgan fingerprint density at radius 2 is 1.92 bits per heavy atom. The number of halogens is 4. The Balaban J connectivity index is 2.02. The van der Waals surface area contributed by atoms with Crippen LogP contribution in [0.4, 0.5) is 28.0 Å². The van der Waals surface area contributed by atoms with Crippen molar-refractivity contribution in [1.82, 2.24) is 10.6 Å². The summed E-state index contributed by atoms with van der Waals surface area (Å²) in [6, 6.07) is 5.20. The van der Waals surface area contributed by atoms with Crippen molar-refractivity contribution in [3.63, 3.8) is 0 Å². The monoisotopic (exact) mass is 387 g/mol. The lowest BCUT2D eigenvalue weighted by molar-refractivity contribution is -0.197. The van der Waals surface area contributed by atoms with Crippen LogP contribution in [0.2, 0.25) is 0 Å². The second-order valence-electron chi connectivity index (χ2n) is 5.23. The van der Waals surface area contributed by atoms with Gasteiger partial charge in [-0.05, 0) is 29.6 Å². The number of hydrogen-bond donors (Lipinski definition) is 2. The fourth-order valence-electron chi connectivity index (χ4n) is 2.37. The van der Waals surface area contributed by atoms with Gasteiger partial charge in [0.1, 0.15) is 5.82 Å². The highest BCUT2D eigenvalue weighted by molar-refractivity contribution is 7.12. The van der Waals surface area contributed by atoms with E-state index in [4.69, 9.17) is 0 Å². The van der Waals surface area contributed by atoms with Crippen LogP contribution in [0.3, 0.4) is 0 Å². The Bertz CT molecular complexity index is 885. The Hall–Kier alpha value is -2.95. The van der Waals surface area contributed by atoms with Crippen molar-refractivity contribution in [2.45, 2.75) is 11.8 Å². The number of alkyl halides is 3. The van der Waals surface area contributed by atoms with Crippen molar-refractivity contribution in [1.29, 1.82) is 0 Å². The lowest BCUT2D eigenvalue weighted by atomic mass is 10.1. The molecular weight excluding hydrogens is 378 g/mol. The standard InChI is InChI=1S/C15H9F4N3O3S/c16-8-3-1-4-9(7-8)22-12(24)14(15(17,18)19,21-13(22)25)20-11(23)10-5-2-6-26-10/h1-7H,(H,20,23)(H,21,25)/t14-/m0/s1. The van der Waals surface area contributed by atoms with Crippen molar-refractivity contribution in [2.24, 2.45) is 0 Å². The van der Waals surface area contributed by atoms with Crippen LogP contribution in [-0.4, -0.2) is 29.7 Å². The Morgan fingerprint density at radius 3 is 2.50 bits per heavy atom. The highest BCUT2D eigenvalue weighted by Gasteiger charge is 2.69. The highest BCUT2D eigenvalue weighted by atomic mass is 32.1. The zero-order valence-electron chi connectivity index (χ0n) is 12.6. The number of urea groups is 1. The predicted molar refractivity (Wildman–Crippen MR) is 83.0 cm³/mol. The molecule has 1 saturated heterocycles. The minimum Gasteiger partial charge on any atom is -0.313 e. The van der Waals surface area contributed by atoms with Gasteiger partial charge < -0.3 is 5.32 Å². The molecule has 1 fully saturated rings. The Kier molecular flexibility index (Phi) is 4.18. The van der Waals surface area contributed by atoms with Crippen LogP contribution < -0.4 is 15.5 Å². The second kappa shape index (κ2) is 6.09. The highest BCUT2D eigenvalue weighted by Crippen LogP contribution is 2.36. The predicted octanol–water partition coefficient (Wildman–Crippen LogP) is 2.63. The first-order valence-corrected chi connectivity index (χ1v) is 7.89. The molecule has 0 spiro atoms. The maximum atomic E-state index is 13.7. The molecule has 3 rings (SSSR count). The van der Waals surface area contributed by atoms with E-state index < -0.39 is 41.2 Å². The molecule has 2 heterocycles. The first kappa shape index (κ1) is 17.9. The lowest BCUT2D eigenvalue weighted by Crippen LogP contribution is -2.69. The number of anilines is 1. The van der Waals surface area contributed by atoms with E-state index in [2.05, 4.69) is 0 Å². The van der Waals surface area contributed by atoms with Crippen molar-refractivity contribution in [2.75, 3.05) is 4.90 Å². The summed E-state index contributed by atoms with van der Waals surface area (Å²) >= 11 is 0.858. The fourth-order valence-corrected chi connectivity index (χ4v) is 2.99. The third-order valence-electron chi connectivity index (χ3n) is 3.56. The summed E-state index contributed by atoms with van der Waals surface area (Å²) in [5.41, 5.74) is -4.05. The van der Waals surface area contributed by atoms with Gasteiger partial charge in [-0.25, -0.2) is 14.1 Å². The van der Waals surface area contributed by atoms with Crippen LogP contribution in [-0.2, 0) is 4.79 Å². The van der Waals surface area contributed by atoms with Crippen LogP contribution in [0.25, 0.3) is 0 Å². The molecule has 1 aliphatic heterocycles. The van der Waals surface area contributed by atoms with Gasteiger partial charge >= 0.3 is 12.2 Å². The minimum absolute atomic E-state index is 0.0834. The van der Waals surface area contributed by atoms with E-state index in [1.165, 1.54) is 22.8 Å². The van der Waals surface area contributed by atoms with Crippen LogP contribution >= 0.6 is 11.3 Å². The molecule has 4 amide bonds. The average Bonchev–Trinajstić information content (AvgIpc) is 3.15. The summed E-state index contributed by atoms with van der Waals surface area (Å²) in [5.74, 6) is -3.83. The van der Waals surface area contributed by atoms with Crippen LogP contribution in [0.1, 0.15) is 9.67 Å². The smallest absolute Gasteiger partial charge is 0.313 e. The maximum absolute atomic E-state index is 13.7. The van der Waals surface area contributed by atoms with E-state index in [1.807, 2.05) is 0 Å². The molecule has 0 unspecified atom stereocenters. The molecule has 2 aromatic rings. The van der Waals surface area contributed by atoms with Gasteiger partial charge in [-0.15, -0.1) is 11.3 Å². The quantitative estimate of drug-likeness (QED) is 0.628. The van der Waals surface area contributed by atoms with Crippen LogP contribution in [0.15, 0.2) is 41.8 Å². The molecule has 0 bridgehead atoms.